The van der Waals surface area contributed by atoms with Gasteiger partial charge in [-0.05, 0) is 44.9 Å². The van der Waals surface area contributed by atoms with Gasteiger partial charge < -0.3 is 4.74 Å². The Morgan fingerprint density at radius 3 is 2.40 bits per heavy atom. The third kappa shape index (κ3) is 3.01. The Hall–Kier alpha value is -0.610. The van der Waals surface area contributed by atoms with Gasteiger partial charge in [0.25, 0.3) is 0 Å². The quantitative estimate of drug-likeness (QED) is 0.801. The molecule has 1 aliphatic heterocycles. The minimum absolute atomic E-state index is 0.0889. The highest BCUT2D eigenvalue weighted by Gasteiger charge is 2.49. The molecule has 116 valence electrons. The standard InChI is InChI=1S/C16H30N2O2/c1-11(2)17-16(15(19)20-5)7-6-14(8-16)18-9-12(3)13(4)10-18/h11-14,17H,6-10H2,1-5H3. The van der Waals surface area contributed by atoms with Crippen molar-refractivity contribution in [1.29, 1.82) is 0 Å². The third-order valence-electron chi connectivity index (χ3n) is 5.16. The Labute approximate surface area is 123 Å². The summed E-state index contributed by atoms with van der Waals surface area (Å²) in [6.45, 7) is 11.2. The van der Waals surface area contributed by atoms with Gasteiger partial charge in [-0.3, -0.25) is 15.0 Å². The monoisotopic (exact) mass is 282 g/mol. The second kappa shape index (κ2) is 6.02. The summed E-state index contributed by atoms with van der Waals surface area (Å²) in [6.07, 6.45) is 2.87. The lowest BCUT2D eigenvalue weighted by Crippen LogP contribution is -2.54. The number of nitrogens with one attached hydrogen (secondary N) is 1. The molecule has 1 saturated carbocycles. The molecule has 4 atom stereocenters. The molecule has 0 amide bonds. The van der Waals surface area contributed by atoms with E-state index in [0.29, 0.717) is 12.1 Å². The molecule has 0 radical (unpaired) electrons. The number of hydrogen-bond acceptors (Lipinski definition) is 4. The maximum Gasteiger partial charge on any atom is 0.326 e. The van der Waals surface area contributed by atoms with Crippen molar-refractivity contribution in [2.24, 2.45) is 11.8 Å². The third-order valence-corrected chi connectivity index (χ3v) is 5.16. The van der Waals surface area contributed by atoms with Gasteiger partial charge in [0, 0.05) is 25.2 Å². The van der Waals surface area contributed by atoms with E-state index in [1.54, 1.807) is 0 Å². The van der Waals surface area contributed by atoms with Gasteiger partial charge in [0.1, 0.15) is 5.54 Å². The Kier molecular flexibility index (Phi) is 4.75. The highest BCUT2D eigenvalue weighted by molar-refractivity contribution is 5.81. The van der Waals surface area contributed by atoms with Crippen LogP contribution in [0, 0.1) is 11.8 Å². The molecule has 0 aromatic heterocycles. The van der Waals surface area contributed by atoms with Gasteiger partial charge >= 0.3 is 5.97 Å². The van der Waals surface area contributed by atoms with Crippen molar-refractivity contribution in [3.63, 3.8) is 0 Å². The van der Waals surface area contributed by atoms with Crippen LogP contribution in [-0.2, 0) is 9.53 Å². The summed E-state index contributed by atoms with van der Waals surface area (Å²) in [5.41, 5.74) is -0.470. The number of ether oxygens (including phenoxy) is 1. The molecule has 2 rings (SSSR count). The van der Waals surface area contributed by atoms with E-state index in [2.05, 4.69) is 37.9 Å². The first-order chi connectivity index (χ1) is 9.38. The number of carbonyl (C=O) groups excluding carboxylic acids is 1. The van der Waals surface area contributed by atoms with Crippen LogP contribution in [-0.4, -0.2) is 48.7 Å². The van der Waals surface area contributed by atoms with Gasteiger partial charge in [0.2, 0.25) is 0 Å². The molecule has 1 N–H and O–H groups in total. The lowest BCUT2D eigenvalue weighted by atomic mass is 9.96. The topological polar surface area (TPSA) is 41.6 Å². The summed E-state index contributed by atoms with van der Waals surface area (Å²) in [6, 6.07) is 0.817. The SMILES string of the molecule is COC(=O)C1(NC(C)C)CCC(N2CC(C)C(C)C2)C1. The normalized spacial score (nSPS) is 38.6. The van der Waals surface area contributed by atoms with Gasteiger partial charge in [0.15, 0.2) is 0 Å². The molecule has 4 unspecified atom stereocenters. The van der Waals surface area contributed by atoms with Crippen molar-refractivity contribution in [2.75, 3.05) is 20.2 Å². The molecule has 2 aliphatic rings. The van der Waals surface area contributed by atoms with Crippen LogP contribution in [0.4, 0.5) is 0 Å². The van der Waals surface area contributed by atoms with Crippen molar-refractivity contribution >= 4 is 5.97 Å². The summed E-state index contributed by atoms with van der Waals surface area (Å²) >= 11 is 0. The van der Waals surface area contributed by atoms with Crippen LogP contribution >= 0.6 is 0 Å². The van der Waals surface area contributed by atoms with Crippen molar-refractivity contribution in [3.8, 4) is 0 Å². The number of hydrogen-bond donors (Lipinski definition) is 1. The van der Waals surface area contributed by atoms with Gasteiger partial charge in [0.05, 0.1) is 7.11 Å². The fraction of sp³-hybridized carbons (Fsp3) is 0.938. The van der Waals surface area contributed by atoms with Gasteiger partial charge in [-0.1, -0.05) is 13.8 Å². The summed E-state index contributed by atoms with van der Waals surface area (Å²) in [4.78, 5) is 14.8. The smallest absolute Gasteiger partial charge is 0.326 e. The summed E-state index contributed by atoms with van der Waals surface area (Å²) < 4.78 is 5.07. The highest BCUT2D eigenvalue weighted by atomic mass is 16.5. The number of nitrogens with zero attached hydrogens (tertiary/aromatic N) is 1. The zero-order chi connectivity index (χ0) is 14.9. The lowest BCUT2D eigenvalue weighted by Gasteiger charge is -2.31. The fourth-order valence-corrected chi connectivity index (χ4v) is 3.93. The largest absolute Gasteiger partial charge is 0.468 e. The molecule has 1 heterocycles. The summed E-state index contributed by atoms with van der Waals surface area (Å²) in [7, 11) is 1.50. The Morgan fingerprint density at radius 1 is 1.30 bits per heavy atom. The Bertz CT molecular complexity index is 348. The second-order valence-electron chi connectivity index (χ2n) is 7.18. The molecule has 1 aliphatic carbocycles. The second-order valence-corrected chi connectivity index (χ2v) is 7.18. The van der Waals surface area contributed by atoms with E-state index in [1.807, 2.05) is 0 Å². The van der Waals surface area contributed by atoms with E-state index < -0.39 is 5.54 Å². The predicted octanol–water partition coefficient (Wildman–Crippen LogP) is 2.04. The van der Waals surface area contributed by atoms with E-state index in [9.17, 15) is 4.79 Å². The van der Waals surface area contributed by atoms with Crippen LogP contribution in [0.1, 0.15) is 47.0 Å². The first-order valence-corrected chi connectivity index (χ1v) is 7.98. The summed E-state index contributed by atoms with van der Waals surface area (Å²) in [5.74, 6) is 1.44. The zero-order valence-electron chi connectivity index (χ0n) is 13.6. The van der Waals surface area contributed by atoms with Crippen LogP contribution in [0.15, 0.2) is 0 Å². The Balaban J connectivity index is 2.05. The number of carbonyl (C=O) groups is 1. The molecular weight excluding hydrogens is 252 g/mol. The number of likely N-dealkylation sites (tertiary alicyclic amines) is 1. The molecule has 0 aromatic carbocycles. The van der Waals surface area contributed by atoms with Crippen LogP contribution < -0.4 is 5.32 Å². The van der Waals surface area contributed by atoms with E-state index in [-0.39, 0.29) is 5.97 Å². The molecule has 4 heteroatoms. The summed E-state index contributed by atoms with van der Waals surface area (Å²) in [5, 5.41) is 3.48. The van der Waals surface area contributed by atoms with Crippen LogP contribution in [0.25, 0.3) is 0 Å². The first-order valence-electron chi connectivity index (χ1n) is 7.98. The Morgan fingerprint density at radius 2 is 1.90 bits per heavy atom. The number of esters is 1. The van der Waals surface area contributed by atoms with Crippen molar-refractivity contribution in [3.05, 3.63) is 0 Å². The van der Waals surface area contributed by atoms with Crippen molar-refractivity contribution in [2.45, 2.75) is 64.6 Å². The molecule has 0 bridgehead atoms. The van der Waals surface area contributed by atoms with E-state index in [0.717, 1.165) is 31.1 Å². The van der Waals surface area contributed by atoms with Gasteiger partial charge in [-0.25, -0.2) is 0 Å². The van der Waals surface area contributed by atoms with Gasteiger partial charge in [-0.2, -0.15) is 0 Å². The van der Waals surface area contributed by atoms with E-state index in [1.165, 1.54) is 20.2 Å². The van der Waals surface area contributed by atoms with Crippen LogP contribution in [0.2, 0.25) is 0 Å². The molecule has 4 nitrogen and oxygen atoms in total. The number of rotatable bonds is 4. The highest BCUT2D eigenvalue weighted by Crippen LogP contribution is 2.37. The fourth-order valence-electron chi connectivity index (χ4n) is 3.93. The van der Waals surface area contributed by atoms with E-state index in [4.69, 9.17) is 4.74 Å². The van der Waals surface area contributed by atoms with Crippen molar-refractivity contribution in [1.82, 2.24) is 10.2 Å². The van der Waals surface area contributed by atoms with Crippen molar-refractivity contribution < 1.29 is 9.53 Å². The maximum atomic E-state index is 12.3. The minimum atomic E-state index is -0.470. The van der Waals surface area contributed by atoms with Crippen LogP contribution in [0.5, 0.6) is 0 Å². The minimum Gasteiger partial charge on any atom is -0.468 e. The average molecular weight is 282 g/mol. The molecule has 1 saturated heterocycles. The lowest BCUT2D eigenvalue weighted by molar-refractivity contribution is -0.149. The van der Waals surface area contributed by atoms with Gasteiger partial charge in [-0.15, -0.1) is 0 Å². The first kappa shape index (κ1) is 15.8. The zero-order valence-corrected chi connectivity index (χ0v) is 13.6. The van der Waals surface area contributed by atoms with E-state index >= 15 is 0 Å². The number of methoxy groups -OCH3 is 1. The average Bonchev–Trinajstić information content (AvgIpc) is 2.94. The molecule has 20 heavy (non-hydrogen) atoms. The maximum absolute atomic E-state index is 12.3. The molecule has 0 aromatic rings. The van der Waals surface area contributed by atoms with Crippen LogP contribution in [0.3, 0.4) is 0 Å². The molecule has 2 fully saturated rings. The predicted molar refractivity (Wildman–Crippen MR) is 80.6 cm³/mol. The molecular formula is C16H30N2O2. The molecule has 0 spiro atoms.